The molecule has 6 nitrogen and oxygen atoms in total. The Bertz CT molecular complexity index is 1040. The van der Waals surface area contributed by atoms with Crippen LogP contribution >= 0.6 is 0 Å². The molecule has 1 aliphatic rings. The van der Waals surface area contributed by atoms with Crippen molar-refractivity contribution in [1.82, 2.24) is 9.38 Å². The fourth-order valence-corrected chi connectivity index (χ4v) is 3.40. The van der Waals surface area contributed by atoms with Crippen LogP contribution in [0.5, 0.6) is 5.75 Å². The Morgan fingerprint density at radius 1 is 1.15 bits per heavy atom. The van der Waals surface area contributed by atoms with Crippen molar-refractivity contribution in [2.24, 2.45) is 5.73 Å². The topological polar surface area (TPSA) is 72.9 Å². The molecule has 4 rings (SSSR count). The van der Waals surface area contributed by atoms with Gasteiger partial charge in [-0.2, -0.15) is 0 Å². The maximum absolute atomic E-state index is 14.0. The van der Waals surface area contributed by atoms with Gasteiger partial charge in [0.1, 0.15) is 11.5 Å². The van der Waals surface area contributed by atoms with E-state index in [1.165, 1.54) is 17.6 Å². The molecule has 1 aromatic carbocycles. The first-order valence-electron chi connectivity index (χ1n) is 8.93. The van der Waals surface area contributed by atoms with Crippen LogP contribution < -0.4 is 20.9 Å². The van der Waals surface area contributed by atoms with Crippen LogP contribution in [-0.4, -0.2) is 35.6 Å². The van der Waals surface area contributed by atoms with Crippen molar-refractivity contribution in [2.75, 3.05) is 25.1 Å². The van der Waals surface area contributed by atoms with E-state index >= 15 is 0 Å². The number of rotatable bonds is 3. The summed E-state index contributed by atoms with van der Waals surface area (Å²) < 4.78 is 20.4. The maximum Gasteiger partial charge on any atom is 0.259 e. The van der Waals surface area contributed by atoms with E-state index in [0.29, 0.717) is 17.0 Å². The third kappa shape index (κ3) is 3.38. The van der Waals surface area contributed by atoms with Crippen molar-refractivity contribution in [3.8, 4) is 16.9 Å². The van der Waals surface area contributed by atoms with Gasteiger partial charge in [-0.1, -0.05) is 6.07 Å². The van der Waals surface area contributed by atoms with E-state index < -0.39 is 5.82 Å². The summed E-state index contributed by atoms with van der Waals surface area (Å²) in [6.45, 7) is 1.60. The predicted molar refractivity (Wildman–Crippen MR) is 103 cm³/mol. The van der Waals surface area contributed by atoms with Crippen molar-refractivity contribution in [2.45, 2.75) is 18.9 Å². The van der Waals surface area contributed by atoms with Crippen LogP contribution in [0, 0.1) is 5.82 Å². The molecule has 140 valence electrons. The van der Waals surface area contributed by atoms with Crippen molar-refractivity contribution in [3.63, 3.8) is 0 Å². The Kier molecular flexibility index (Phi) is 4.53. The Morgan fingerprint density at radius 2 is 1.89 bits per heavy atom. The van der Waals surface area contributed by atoms with E-state index in [9.17, 15) is 9.18 Å². The molecule has 0 unspecified atom stereocenters. The first-order valence-corrected chi connectivity index (χ1v) is 8.93. The number of nitrogens with zero attached hydrogens (tertiary/aromatic N) is 3. The first kappa shape index (κ1) is 17.5. The molecule has 0 bridgehead atoms. The van der Waals surface area contributed by atoms with Crippen LogP contribution in [-0.2, 0) is 0 Å². The van der Waals surface area contributed by atoms with Crippen molar-refractivity contribution < 1.29 is 9.13 Å². The normalized spacial score (nSPS) is 15.3. The summed E-state index contributed by atoms with van der Waals surface area (Å²) in [5.41, 5.74) is 7.73. The highest BCUT2D eigenvalue weighted by Crippen LogP contribution is 2.26. The highest BCUT2D eigenvalue weighted by atomic mass is 19.1. The van der Waals surface area contributed by atoms with Gasteiger partial charge in [0, 0.05) is 31.4 Å². The molecule has 3 heterocycles. The molecule has 0 radical (unpaired) electrons. The Hall–Kier alpha value is -2.93. The summed E-state index contributed by atoms with van der Waals surface area (Å²) >= 11 is 0. The lowest BCUT2D eigenvalue weighted by Crippen LogP contribution is -2.40. The van der Waals surface area contributed by atoms with E-state index in [1.807, 2.05) is 6.07 Å². The second kappa shape index (κ2) is 7.00. The molecule has 1 fully saturated rings. The van der Waals surface area contributed by atoms with Gasteiger partial charge in [-0.05, 0) is 48.2 Å². The van der Waals surface area contributed by atoms with Crippen LogP contribution in [0.2, 0.25) is 0 Å². The molecule has 0 atom stereocenters. The minimum atomic E-state index is -0.445. The van der Waals surface area contributed by atoms with Gasteiger partial charge in [0.25, 0.3) is 5.56 Å². The average molecular weight is 368 g/mol. The Morgan fingerprint density at radius 3 is 2.59 bits per heavy atom. The molecule has 3 aromatic rings. The summed E-state index contributed by atoms with van der Waals surface area (Å²) in [6.07, 6.45) is 3.47. The molecule has 7 heteroatoms. The van der Waals surface area contributed by atoms with Crippen LogP contribution in [0.25, 0.3) is 16.8 Å². The van der Waals surface area contributed by atoms with E-state index in [4.69, 9.17) is 10.5 Å². The number of aromatic nitrogens is 2. The molecule has 0 aliphatic carbocycles. The smallest absolute Gasteiger partial charge is 0.259 e. The van der Waals surface area contributed by atoms with E-state index in [0.717, 1.165) is 31.5 Å². The molecule has 1 saturated heterocycles. The zero-order valence-corrected chi connectivity index (χ0v) is 15.1. The van der Waals surface area contributed by atoms with Crippen molar-refractivity contribution in [1.29, 1.82) is 0 Å². The Balaban J connectivity index is 1.71. The number of ether oxygens (including phenoxy) is 1. The number of piperidine rings is 1. The number of halogens is 1. The zero-order chi connectivity index (χ0) is 19.0. The number of hydrogen-bond acceptors (Lipinski definition) is 5. The van der Waals surface area contributed by atoms with Gasteiger partial charge >= 0.3 is 0 Å². The van der Waals surface area contributed by atoms with E-state index in [1.54, 1.807) is 30.5 Å². The number of benzene rings is 1. The van der Waals surface area contributed by atoms with Gasteiger partial charge in [-0.3, -0.25) is 9.20 Å². The van der Waals surface area contributed by atoms with Crippen molar-refractivity contribution in [3.05, 3.63) is 58.8 Å². The number of fused-ring (bicyclic) bond motifs is 1. The number of hydrogen-bond donors (Lipinski definition) is 1. The lowest BCUT2D eigenvalue weighted by Gasteiger charge is -2.31. The molecule has 1 aliphatic heterocycles. The minimum absolute atomic E-state index is 0.166. The second-order valence-electron chi connectivity index (χ2n) is 6.77. The molecule has 2 aromatic heterocycles. The first-order chi connectivity index (χ1) is 13.0. The highest BCUT2D eigenvalue weighted by molar-refractivity contribution is 5.66. The molecule has 0 saturated carbocycles. The van der Waals surface area contributed by atoms with Gasteiger partial charge in [0.15, 0.2) is 11.6 Å². The maximum atomic E-state index is 14.0. The van der Waals surface area contributed by atoms with Gasteiger partial charge in [-0.15, -0.1) is 0 Å². The SMILES string of the molecule is COc1ccc(-c2ccc3nc(N4CCC(N)CC4)cc(=O)n3c2)cc1F. The zero-order valence-electron chi connectivity index (χ0n) is 15.1. The number of methoxy groups -OCH3 is 1. The van der Waals surface area contributed by atoms with Crippen LogP contribution in [0.3, 0.4) is 0 Å². The predicted octanol–water partition coefficient (Wildman–Crippen LogP) is 2.44. The van der Waals surface area contributed by atoms with Crippen molar-refractivity contribution >= 4 is 11.5 Å². The third-order valence-electron chi connectivity index (χ3n) is 4.99. The lowest BCUT2D eigenvalue weighted by atomic mass is 10.1. The second-order valence-corrected chi connectivity index (χ2v) is 6.77. The number of pyridine rings is 1. The molecule has 0 amide bonds. The summed E-state index contributed by atoms with van der Waals surface area (Å²) in [5, 5.41) is 0. The lowest BCUT2D eigenvalue weighted by molar-refractivity contribution is 0.386. The fourth-order valence-electron chi connectivity index (χ4n) is 3.40. The highest BCUT2D eigenvalue weighted by Gasteiger charge is 2.18. The van der Waals surface area contributed by atoms with Gasteiger partial charge in [0.05, 0.1) is 7.11 Å². The van der Waals surface area contributed by atoms with Crippen LogP contribution in [0.4, 0.5) is 10.2 Å². The van der Waals surface area contributed by atoms with Gasteiger partial charge in [0.2, 0.25) is 0 Å². The fraction of sp³-hybridized carbons (Fsp3) is 0.300. The van der Waals surface area contributed by atoms with E-state index in [2.05, 4.69) is 9.88 Å². The average Bonchev–Trinajstić information content (AvgIpc) is 2.68. The van der Waals surface area contributed by atoms with E-state index in [-0.39, 0.29) is 17.4 Å². The number of nitrogens with two attached hydrogens (primary N) is 1. The summed E-state index contributed by atoms with van der Waals surface area (Å²) in [7, 11) is 1.42. The molecule has 2 N–H and O–H groups in total. The quantitative estimate of drug-likeness (QED) is 0.769. The largest absolute Gasteiger partial charge is 0.494 e. The molecule has 27 heavy (non-hydrogen) atoms. The number of anilines is 1. The monoisotopic (exact) mass is 368 g/mol. The molecular weight excluding hydrogens is 347 g/mol. The minimum Gasteiger partial charge on any atom is -0.494 e. The Labute approximate surface area is 156 Å². The summed E-state index contributed by atoms with van der Waals surface area (Å²) in [4.78, 5) is 19.3. The third-order valence-corrected chi connectivity index (χ3v) is 4.99. The standard InChI is InChI=1S/C20H21FN4O2/c1-27-17-4-2-13(10-16(17)21)14-3-5-18-23-19(11-20(26)25(18)12-14)24-8-6-15(22)7-9-24/h2-5,10-12,15H,6-9,22H2,1H3. The molecule has 0 spiro atoms. The van der Waals surface area contributed by atoms with Gasteiger partial charge in [-0.25, -0.2) is 9.37 Å². The van der Waals surface area contributed by atoms with Crippen LogP contribution in [0.15, 0.2) is 47.4 Å². The van der Waals surface area contributed by atoms with Gasteiger partial charge < -0.3 is 15.4 Å². The summed E-state index contributed by atoms with van der Waals surface area (Å²) in [6, 6.07) is 10.1. The van der Waals surface area contributed by atoms with Crippen LogP contribution in [0.1, 0.15) is 12.8 Å². The molecular formula is C20H21FN4O2. The summed E-state index contributed by atoms with van der Waals surface area (Å²) in [5.74, 6) is 0.415.